The van der Waals surface area contributed by atoms with Crippen molar-refractivity contribution in [2.45, 2.75) is 50.0 Å². The first-order valence-corrected chi connectivity index (χ1v) is 12.2. The van der Waals surface area contributed by atoms with E-state index < -0.39 is 10.0 Å². The smallest absolute Gasteiger partial charge is 0.274 e. The molecule has 0 spiro atoms. The van der Waals surface area contributed by atoms with Crippen LogP contribution in [0.3, 0.4) is 0 Å². The van der Waals surface area contributed by atoms with E-state index in [-0.39, 0.29) is 17.3 Å². The van der Waals surface area contributed by atoms with Gasteiger partial charge >= 0.3 is 0 Å². The van der Waals surface area contributed by atoms with Crippen LogP contribution in [0.25, 0.3) is 10.2 Å². The second kappa shape index (κ2) is 7.90. The minimum Gasteiger partial charge on any atom is -0.467 e. The van der Waals surface area contributed by atoms with Crippen molar-refractivity contribution in [3.63, 3.8) is 0 Å². The van der Waals surface area contributed by atoms with Crippen molar-refractivity contribution in [1.29, 1.82) is 0 Å². The number of para-hydroxylation sites is 1. The SMILES string of the molecule is CC(C)(C)c1ccc(S(=O)(=O)N2CCC(Oc3nc4c(F)cccc4s3)CC2)cc1. The lowest BCUT2D eigenvalue weighted by atomic mass is 9.87. The van der Waals surface area contributed by atoms with E-state index in [9.17, 15) is 12.8 Å². The molecule has 1 aliphatic heterocycles. The highest BCUT2D eigenvalue weighted by atomic mass is 32.2. The van der Waals surface area contributed by atoms with Gasteiger partial charge in [-0.3, -0.25) is 0 Å². The van der Waals surface area contributed by atoms with Crippen LogP contribution in [0.4, 0.5) is 4.39 Å². The minimum absolute atomic E-state index is 0.0263. The van der Waals surface area contributed by atoms with E-state index in [1.807, 2.05) is 18.2 Å². The Morgan fingerprint density at radius 1 is 1.10 bits per heavy atom. The lowest BCUT2D eigenvalue weighted by Gasteiger charge is -2.31. The molecule has 8 heteroatoms. The maximum Gasteiger partial charge on any atom is 0.274 e. The summed E-state index contributed by atoms with van der Waals surface area (Å²) in [6.07, 6.45) is 0.999. The fourth-order valence-electron chi connectivity index (χ4n) is 3.55. The molecule has 0 radical (unpaired) electrons. The molecular formula is C22H25FN2O3S2. The van der Waals surface area contributed by atoms with Crippen LogP contribution in [0.1, 0.15) is 39.2 Å². The number of benzene rings is 2. The number of halogens is 1. The summed E-state index contributed by atoms with van der Waals surface area (Å²) < 4.78 is 48.0. The molecule has 2 heterocycles. The number of rotatable bonds is 4. The molecule has 0 aliphatic carbocycles. The highest BCUT2D eigenvalue weighted by Gasteiger charge is 2.31. The number of ether oxygens (including phenoxy) is 1. The third kappa shape index (κ3) is 4.22. The van der Waals surface area contributed by atoms with Crippen LogP contribution in [0, 0.1) is 5.82 Å². The van der Waals surface area contributed by atoms with Crippen molar-refractivity contribution >= 4 is 31.6 Å². The van der Waals surface area contributed by atoms with Crippen LogP contribution >= 0.6 is 11.3 Å². The molecule has 1 saturated heterocycles. The molecule has 0 amide bonds. The standard InChI is InChI=1S/C22H25FN2O3S2/c1-22(2,3)15-7-9-17(10-8-15)30(26,27)25-13-11-16(12-14-25)28-21-24-20-18(23)5-4-6-19(20)29-21/h4-10,16H,11-14H2,1-3H3. The topological polar surface area (TPSA) is 59.5 Å². The number of thiazole rings is 1. The van der Waals surface area contributed by atoms with Crippen molar-refractivity contribution in [2.24, 2.45) is 0 Å². The number of fused-ring (bicyclic) bond motifs is 1. The van der Waals surface area contributed by atoms with Gasteiger partial charge in [-0.15, -0.1) is 0 Å². The third-order valence-electron chi connectivity index (χ3n) is 5.38. The Morgan fingerprint density at radius 2 is 1.77 bits per heavy atom. The van der Waals surface area contributed by atoms with Gasteiger partial charge in [0.2, 0.25) is 10.0 Å². The summed E-state index contributed by atoms with van der Waals surface area (Å²) >= 11 is 1.31. The van der Waals surface area contributed by atoms with Crippen LogP contribution in [0.15, 0.2) is 47.4 Å². The van der Waals surface area contributed by atoms with Crippen LogP contribution in [-0.4, -0.2) is 36.9 Å². The van der Waals surface area contributed by atoms with Crippen molar-refractivity contribution in [3.05, 3.63) is 53.8 Å². The molecule has 1 aliphatic rings. The number of hydrogen-bond donors (Lipinski definition) is 0. The van der Waals surface area contributed by atoms with Gasteiger partial charge in [-0.1, -0.05) is 50.3 Å². The molecule has 0 saturated carbocycles. The number of hydrogen-bond acceptors (Lipinski definition) is 5. The van der Waals surface area contributed by atoms with Crippen molar-refractivity contribution < 1.29 is 17.5 Å². The highest BCUT2D eigenvalue weighted by Crippen LogP contribution is 2.32. The summed E-state index contributed by atoms with van der Waals surface area (Å²) in [5.74, 6) is -0.364. The normalized spacial score (nSPS) is 16.8. The summed E-state index contributed by atoms with van der Waals surface area (Å²) in [7, 11) is -3.53. The highest BCUT2D eigenvalue weighted by molar-refractivity contribution is 7.89. The molecular weight excluding hydrogens is 423 g/mol. The van der Waals surface area contributed by atoms with Gasteiger partial charge in [-0.25, -0.2) is 12.8 Å². The molecule has 3 aromatic rings. The molecule has 0 N–H and O–H groups in total. The Kier molecular flexibility index (Phi) is 5.59. The first kappa shape index (κ1) is 21.2. The van der Waals surface area contributed by atoms with E-state index in [0.29, 0.717) is 41.5 Å². The third-order valence-corrected chi connectivity index (χ3v) is 8.20. The zero-order valence-electron chi connectivity index (χ0n) is 17.3. The Labute approximate surface area is 180 Å². The monoisotopic (exact) mass is 448 g/mol. The summed E-state index contributed by atoms with van der Waals surface area (Å²) in [6.45, 7) is 7.06. The lowest BCUT2D eigenvalue weighted by molar-refractivity contribution is 0.135. The fraction of sp³-hybridized carbons (Fsp3) is 0.409. The molecule has 1 fully saturated rings. The van der Waals surface area contributed by atoms with Gasteiger partial charge in [0.05, 0.1) is 9.60 Å². The van der Waals surface area contributed by atoms with E-state index >= 15 is 0 Å². The van der Waals surface area contributed by atoms with E-state index in [2.05, 4.69) is 25.8 Å². The summed E-state index contributed by atoms with van der Waals surface area (Å²) in [5.41, 5.74) is 1.39. The second-order valence-corrected chi connectivity index (χ2v) is 11.5. The van der Waals surface area contributed by atoms with E-state index in [1.54, 1.807) is 18.2 Å². The molecule has 0 atom stereocenters. The largest absolute Gasteiger partial charge is 0.467 e. The molecule has 160 valence electrons. The zero-order chi connectivity index (χ0) is 21.5. The van der Waals surface area contributed by atoms with Gasteiger partial charge < -0.3 is 4.74 Å². The average molecular weight is 449 g/mol. The van der Waals surface area contributed by atoms with Gasteiger partial charge in [-0.05, 0) is 48.1 Å². The molecule has 2 aromatic carbocycles. The Bertz CT molecular complexity index is 1140. The molecule has 4 rings (SSSR count). The first-order valence-electron chi connectivity index (χ1n) is 9.97. The average Bonchev–Trinajstić information content (AvgIpc) is 3.12. The summed E-state index contributed by atoms with van der Waals surface area (Å²) in [4.78, 5) is 4.56. The Morgan fingerprint density at radius 3 is 2.37 bits per heavy atom. The van der Waals surface area contributed by atoms with Crippen molar-refractivity contribution in [2.75, 3.05) is 13.1 Å². The molecule has 0 bridgehead atoms. The van der Waals surface area contributed by atoms with Crippen molar-refractivity contribution in [3.8, 4) is 5.19 Å². The van der Waals surface area contributed by atoms with Crippen molar-refractivity contribution in [1.82, 2.24) is 9.29 Å². The van der Waals surface area contributed by atoms with Gasteiger partial charge in [0, 0.05) is 13.1 Å². The van der Waals surface area contributed by atoms with Crippen LogP contribution in [-0.2, 0) is 15.4 Å². The maximum atomic E-state index is 13.8. The molecule has 30 heavy (non-hydrogen) atoms. The van der Waals surface area contributed by atoms with E-state index in [1.165, 1.54) is 21.7 Å². The predicted molar refractivity (Wildman–Crippen MR) is 117 cm³/mol. The van der Waals surface area contributed by atoms with Gasteiger partial charge in [0.15, 0.2) is 0 Å². The fourth-order valence-corrected chi connectivity index (χ4v) is 5.92. The Balaban J connectivity index is 1.41. The second-order valence-electron chi connectivity index (χ2n) is 8.56. The lowest BCUT2D eigenvalue weighted by Crippen LogP contribution is -2.41. The van der Waals surface area contributed by atoms with Gasteiger partial charge in [0.25, 0.3) is 5.19 Å². The number of sulfonamides is 1. The number of aromatic nitrogens is 1. The first-order chi connectivity index (χ1) is 14.1. The van der Waals surface area contributed by atoms with Gasteiger partial charge in [-0.2, -0.15) is 9.29 Å². The zero-order valence-corrected chi connectivity index (χ0v) is 18.9. The predicted octanol–water partition coefficient (Wildman–Crippen LogP) is 4.97. The van der Waals surface area contributed by atoms with Crippen LogP contribution in [0.5, 0.6) is 5.19 Å². The molecule has 5 nitrogen and oxygen atoms in total. The number of nitrogens with zero attached hydrogens (tertiary/aromatic N) is 2. The number of piperidine rings is 1. The molecule has 0 unspecified atom stereocenters. The molecule has 1 aromatic heterocycles. The van der Waals surface area contributed by atoms with Crippen LogP contribution < -0.4 is 4.74 Å². The van der Waals surface area contributed by atoms with E-state index in [4.69, 9.17) is 4.74 Å². The van der Waals surface area contributed by atoms with E-state index in [0.717, 1.165) is 10.3 Å². The minimum atomic E-state index is -3.53. The maximum absolute atomic E-state index is 13.8. The van der Waals surface area contributed by atoms with Gasteiger partial charge in [0.1, 0.15) is 17.4 Å². The summed E-state index contributed by atoms with van der Waals surface area (Å²) in [5, 5.41) is 0.425. The quantitative estimate of drug-likeness (QED) is 0.566. The Hall–Kier alpha value is -2.03. The van der Waals surface area contributed by atoms with Crippen LogP contribution in [0.2, 0.25) is 0 Å². The summed E-state index contributed by atoms with van der Waals surface area (Å²) in [6, 6.07) is 12.0.